The van der Waals surface area contributed by atoms with Gasteiger partial charge >= 0.3 is 0 Å². The second-order valence-electron chi connectivity index (χ2n) is 4.96. The molecule has 1 aliphatic heterocycles. The Morgan fingerprint density at radius 1 is 1.45 bits per heavy atom. The molecule has 0 radical (unpaired) electrons. The Morgan fingerprint density at radius 3 is 2.90 bits per heavy atom. The molecule has 1 aromatic heterocycles. The number of aliphatic imine (C=N–C) groups is 1. The quantitative estimate of drug-likeness (QED) is 0.644. The van der Waals surface area contributed by atoms with Crippen LogP contribution in [0, 0.1) is 13.8 Å². The van der Waals surface area contributed by atoms with Crippen LogP contribution in [0.25, 0.3) is 0 Å². The summed E-state index contributed by atoms with van der Waals surface area (Å²) in [6.45, 7) is 8.25. The van der Waals surface area contributed by atoms with E-state index in [2.05, 4.69) is 27.5 Å². The number of nitrogens with zero attached hydrogens (tertiary/aromatic N) is 2. The van der Waals surface area contributed by atoms with E-state index < -0.39 is 0 Å². The van der Waals surface area contributed by atoms with Crippen LogP contribution in [-0.2, 0) is 6.54 Å². The van der Waals surface area contributed by atoms with E-state index in [1.807, 2.05) is 25.6 Å². The van der Waals surface area contributed by atoms with Gasteiger partial charge in [-0.15, -0.1) is 0 Å². The highest BCUT2D eigenvalue weighted by atomic mass is 32.2. The zero-order valence-electron chi connectivity index (χ0n) is 12.5. The van der Waals surface area contributed by atoms with Crippen molar-refractivity contribution >= 4 is 17.7 Å². The molecule has 0 amide bonds. The van der Waals surface area contributed by atoms with Gasteiger partial charge < -0.3 is 15.1 Å². The molecule has 0 saturated carbocycles. The van der Waals surface area contributed by atoms with Crippen LogP contribution in [0.3, 0.4) is 0 Å². The summed E-state index contributed by atoms with van der Waals surface area (Å²) in [4.78, 5) is 8.87. The lowest BCUT2D eigenvalue weighted by Gasteiger charge is -2.14. The first-order valence-electron chi connectivity index (χ1n) is 7.25. The van der Waals surface area contributed by atoms with Gasteiger partial charge in [0.05, 0.1) is 5.69 Å². The highest BCUT2D eigenvalue weighted by Gasteiger charge is 2.15. The van der Waals surface area contributed by atoms with E-state index in [9.17, 15) is 0 Å². The topological polar surface area (TPSA) is 62.5 Å². The van der Waals surface area contributed by atoms with Crippen LogP contribution < -0.4 is 10.6 Å². The summed E-state index contributed by atoms with van der Waals surface area (Å²) in [7, 11) is 0. The second kappa shape index (κ2) is 7.57. The molecular weight excluding hydrogens is 272 g/mol. The van der Waals surface area contributed by atoms with Crippen LogP contribution in [0.1, 0.15) is 37.1 Å². The third-order valence-corrected chi connectivity index (χ3v) is 4.71. The average Bonchev–Trinajstić information content (AvgIpc) is 3.04. The first-order valence-corrected chi connectivity index (χ1v) is 8.30. The molecule has 0 spiro atoms. The van der Waals surface area contributed by atoms with E-state index in [1.165, 1.54) is 18.6 Å². The van der Waals surface area contributed by atoms with Gasteiger partial charge in [-0.05, 0) is 39.4 Å². The summed E-state index contributed by atoms with van der Waals surface area (Å²) in [6.07, 6.45) is 2.63. The van der Waals surface area contributed by atoms with Crippen LogP contribution in [0.4, 0.5) is 0 Å². The molecule has 1 aliphatic rings. The normalized spacial score (nSPS) is 19.4. The molecule has 112 valence electrons. The summed E-state index contributed by atoms with van der Waals surface area (Å²) in [5.74, 6) is 3.67. The van der Waals surface area contributed by atoms with Gasteiger partial charge in [0.25, 0.3) is 0 Å². The summed E-state index contributed by atoms with van der Waals surface area (Å²) >= 11 is 2.05. The minimum Gasteiger partial charge on any atom is -0.444 e. The molecule has 1 saturated heterocycles. The third kappa shape index (κ3) is 4.44. The first-order chi connectivity index (χ1) is 9.69. The van der Waals surface area contributed by atoms with Crippen LogP contribution in [-0.4, -0.2) is 35.0 Å². The standard InChI is InChI=1S/C14H24N4OS/c1-4-15-14(16-8-12-6-5-7-20-12)17-9-13-18-10(2)11(3)19-13/h12H,4-9H2,1-3H3,(H2,15,16,17). The van der Waals surface area contributed by atoms with Crippen molar-refractivity contribution in [3.8, 4) is 0 Å². The molecule has 20 heavy (non-hydrogen) atoms. The van der Waals surface area contributed by atoms with Crippen molar-refractivity contribution in [2.75, 3.05) is 18.8 Å². The molecule has 0 aromatic carbocycles. The van der Waals surface area contributed by atoms with Crippen molar-refractivity contribution in [3.05, 3.63) is 17.3 Å². The number of rotatable bonds is 5. The van der Waals surface area contributed by atoms with Crippen LogP contribution in [0.5, 0.6) is 0 Å². The first kappa shape index (κ1) is 15.2. The summed E-state index contributed by atoms with van der Waals surface area (Å²) in [6, 6.07) is 0. The molecule has 5 nitrogen and oxygen atoms in total. The fourth-order valence-corrected chi connectivity index (χ4v) is 3.31. The predicted octanol–water partition coefficient (Wildman–Crippen LogP) is 2.24. The Balaban J connectivity index is 1.87. The molecule has 1 aromatic rings. The molecule has 0 aliphatic carbocycles. The maximum absolute atomic E-state index is 5.54. The van der Waals surface area contributed by atoms with Gasteiger partial charge in [0.1, 0.15) is 12.3 Å². The maximum Gasteiger partial charge on any atom is 0.216 e. The minimum atomic E-state index is 0.474. The number of oxazole rings is 1. The molecule has 1 atom stereocenters. The van der Waals surface area contributed by atoms with Crippen molar-refractivity contribution < 1.29 is 4.42 Å². The van der Waals surface area contributed by atoms with Gasteiger partial charge in [-0.1, -0.05) is 0 Å². The molecular formula is C14H24N4OS. The molecule has 2 rings (SSSR count). The van der Waals surface area contributed by atoms with Crippen LogP contribution in [0.15, 0.2) is 9.41 Å². The average molecular weight is 296 g/mol. The maximum atomic E-state index is 5.54. The lowest BCUT2D eigenvalue weighted by molar-refractivity contribution is 0.473. The summed E-state index contributed by atoms with van der Waals surface area (Å²) in [5, 5.41) is 7.37. The molecule has 0 bridgehead atoms. The van der Waals surface area contributed by atoms with Gasteiger partial charge in [-0.25, -0.2) is 9.98 Å². The Bertz CT molecular complexity index is 433. The van der Waals surface area contributed by atoms with E-state index in [4.69, 9.17) is 4.42 Å². The largest absolute Gasteiger partial charge is 0.444 e. The Morgan fingerprint density at radius 2 is 2.30 bits per heavy atom. The van der Waals surface area contributed by atoms with Crippen molar-refractivity contribution in [2.24, 2.45) is 4.99 Å². The number of thioether (sulfide) groups is 1. The fraction of sp³-hybridized carbons (Fsp3) is 0.714. The van der Waals surface area contributed by atoms with E-state index in [0.717, 1.165) is 30.5 Å². The third-order valence-electron chi connectivity index (χ3n) is 3.31. The van der Waals surface area contributed by atoms with Gasteiger partial charge in [0, 0.05) is 18.3 Å². The van der Waals surface area contributed by atoms with E-state index >= 15 is 0 Å². The zero-order valence-corrected chi connectivity index (χ0v) is 13.3. The summed E-state index contributed by atoms with van der Waals surface area (Å²) in [5.41, 5.74) is 0.940. The molecule has 1 fully saturated rings. The molecule has 2 N–H and O–H groups in total. The van der Waals surface area contributed by atoms with Crippen LogP contribution >= 0.6 is 11.8 Å². The lowest BCUT2D eigenvalue weighted by atomic mass is 10.2. The highest BCUT2D eigenvalue weighted by Crippen LogP contribution is 2.25. The lowest BCUT2D eigenvalue weighted by Crippen LogP contribution is -2.40. The van der Waals surface area contributed by atoms with Gasteiger partial charge in [0.2, 0.25) is 5.89 Å². The van der Waals surface area contributed by atoms with E-state index in [-0.39, 0.29) is 0 Å². The Kier molecular flexibility index (Phi) is 5.76. The number of aryl methyl sites for hydroxylation is 2. The van der Waals surface area contributed by atoms with Gasteiger partial charge in [-0.3, -0.25) is 0 Å². The SMILES string of the molecule is CCNC(=NCc1nc(C)c(C)o1)NCC1CCCS1. The second-order valence-corrected chi connectivity index (χ2v) is 6.37. The van der Waals surface area contributed by atoms with Gasteiger partial charge in [0.15, 0.2) is 5.96 Å². The van der Waals surface area contributed by atoms with Crippen molar-refractivity contribution in [1.82, 2.24) is 15.6 Å². The molecule has 6 heteroatoms. The smallest absolute Gasteiger partial charge is 0.216 e. The number of aromatic nitrogens is 1. The fourth-order valence-electron chi connectivity index (χ4n) is 2.11. The number of hydrogen-bond acceptors (Lipinski definition) is 4. The van der Waals surface area contributed by atoms with Crippen LogP contribution in [0.2, 0.25) is 0 Å². The van der Waals surface area contributed by atoms with Crippen molar-refractivity contribution in [1.29, 1.82) is 0 Å². The summed E-state index contributed by atoms with van der Waals surface area (Å²) < 4.78 is 5.54. The molecule has 2 heterocycles. The van der Waals surface area contributed by atoms with E-state index in [1.54, 1.807) is 0 Å². The predicted molar refractivity (Wildman–Crippen MR) is 84.3 cm³/mol. The monoisotopic (exact) mass is 296 g/mol. The minimum absolute atomic E-state index is 0.474. The Hall–Kier alpha value is -1.17. The molecule has 1 unspecified atom stereocenters. The van der Waals surface area contributed by atoms with Gasteiger partial charge in [-0.2, -0.15) is 11.8 Å². The number of guanidine groups is 1. The van der Waals surface area contributed by atoms with Crippen molar-refractivity contribution in [3.63, 3.8) is 0 Å². The number of hydrogen-bond donors (Lipinski definition) is 2. The number of nitrogens with one attached hydrogen (secondary N) is 2. The highest BCUT2D eigenvalue weighted by molar-refractivity contribution is 8.00. The Labute approximate surface area is 125 Å². The van der Waals surface area contributed by atoms with Crippen molar-refractivity contribution in [2.45, 2.75) is 45.4 Å². The zero-order chi connectivity index (χ0) is 14.4. The van der Waals surface area contributed by atoms with E-state index in [0.29, 0.717) is 17.7 Å².